The van der Waals surface area contributed by atoms with E-state index in [1.54, 1.807) is 0 Å². The molecule has 144 valence electrons. The lowest BCUT2D eigenvalue weighted by atomic mass is 9.86. The Hall–Kier alpha value is -0.120. The van der Waals surface area contributed by atoms with E-state index in [0.29, 0.717) is 5.54 Å². The molecule has 1 unspecified atom stereocenters. The molecular weight excluding hydrogens is 294 g/mol. The van der Waals surface area contributed by atoms with Crippen molar-refractivity contribution in [1.29, 1.82) is 0 Å². The molecule has 0 saturated carbocycles. The number of piperazine rings is 1. The van der Waals surface area contributed by atoms with Gasteiger partial charge in [-0.15, -0.1) is 0 Å². The van der Waals surface area contributed by atoms with Crippen LogP contribution >= 0.6 is 0 Å². The molecular formula is C21H45N3. The lowest BCUT2D eigenvalue weighted by molar-refractivity contribution is 0.0286. The van der Waals surface area contributed by atoms with Gasteiger partial charge in [-0.1, -0.05) is 65.7 Å². The summed E-state index contributed by atoms with van der Waals surface area (Å²) >= 11 is 0. The summed E-state index contributed by atoms with van der Waals surface area (Å²) in [5.41, 5.74) is 0.440. The maximum absolute atomic E-state index is 3.45. The van der Waals surface area contributed by atoms with Gasteiger partial charge in [-0.25, -0.2) is 0 Å². The molecule has 1 fully saturated rings. The van der Waals surface area contributed by atoms with Gasteiger partial charge < -0.3 is 5.32 Å². The SMILES string of the molecule is CCCCCCCC(C)(CCCC)N1CCN(CCNCC)CC1. The molecule has 0 spiro atoms. The van der Waals surface area contributed by atoms with Gasteiger partial charge in [-0.2, -0.15) is 0 Å². The van der Waals surface area contributed by atoms with Crippen molar-refractivity contribution in [2.45, 2.75) is 91.0 Å². The molecule has 0 radical (unpaired) electrons. The first-order valence-corrected chi connectivity index (χ1v) is 10.8. The third-order valence-corrected chi connectivity index (χ3v) is 5.88. The average Bonchev–Trinajstić information content (AvgIpc) is 2.60. The maximum Gasteiger partial charge on any atom is 0.0182 e. The minimum absolute atomic E-state index is 0.440. The van der Waals surface area contributed by atoms with Crippen LogP contribution in [-0.2, 0) is 0 Å². The van der Waals surface area contributed by atoms with Crippen molar-refractivity contribution in [3.05, 3.63) is 0 Å². The molecule has 1 saturated heterocycles. The van der Waals surface area contributed by atoms with Crippen LogP contribution in [-0.4, -0.2) is 61.2 Å². The molecule has 3 nitrogen and oxygen atoms in total. The van der Waals surface area contributed by atoms with E-state index in [1.165, 1.54) is 90.5 Å². The zero-order valence-electron chi connectivity index (χ0n) is 17.2. The van der Waals surface area contributed by atoms with Crippen LogP contribution in [0.15, 0.2) is 0 Å². The molecule has 1 rings (SSSR count). The highest BCUT2D eigenvalue weighted by atomic mass is 15.3. The molecule has 0 aliphatic carbocycles. The van der Waals surface area contributed by atoms with Gasteiger partial charge in [0, 0.05) is 44.8 Å². The predicted octanol–water partition coefficient (Wildman–Crippen LogP) is 4.52. The average molecular weight is 340 g/mol. The highest BCUT2D eigenvalue weighted by molar-refractivity contribution is 4.89. The quantitative estimate of drug-likeness (QED) is 0.469. The van der Waals surface area contributed by atoms with E-state index in [-0.39, 0.29) is 0 Å². The van der Waals surface area contributed by atoms with Gasteiger partial charge in [0.05, 0.1) is 0 Å². The van der Waals surface area contributed by atoms with Crippen molar-refractivity contribution in [3.63, 3.8) is 0 Å². The molecule has 1 aliphatic heterocycles. The molecule has 1 atom stereocenters. The lowest BCUT2D eigenvalue weighted by Gasteiger charge is -2.46. The summed E-state index contributed by atoms with van der Waals surface area (Å²) in [6.45, 7) is 17.9. The van der Waals surface area contributed by atoms with Crippen molar-refractivity contribution < 1.29 is 0 Å². The van der Waals surface area contributed by atoms with E-state index in [0.717, 1.165) is 13.1 Å². The Morgan fingerprint density at radius 3 is 2.04 bits per heavy atom. The number of hydrogen-bond donors (Lipinski definition) is 1. The fourth-order valence-electron chi connectivity index (χ4n) is 4.03. The number of unbranched alkanes of at least 4 members (excludes halogenated alkanes) is 5. The van der Waals surface area contributed by atoms with E-state index in [1.807, 2.05) is 0 Å². The number of nitrogens with zero attached hydrogens (tertiary/aromatic N) is 2. The first-order valence-electron chi connectivity index (χ1n) is 10.8. The summed E-state index contributed by atoms with van der Waals surface area (Å²) in [6, 6.07) is 0. The highest BCUT2D eigenvalue weighted by Crippen LogP contribution is 2.29. The maximum atomic E-state index is 3.45. The van der Waals surface area contributed by atoms with E-state index >= 15 is 0 Å². The molecule has 24 heavy (non-hydrogen) atoms. The Kier molecular flexibility index (Phi) is 12.0. The molecule has 0 aromatic carbocycles. The van der Waals surface area contributed by atoms with Crippen molar-refractivity contribution in [1.82, 2.24) is 15.1 Å². The summed E-state index contributed by atoms with van der Waals surface area (Å²) in [5, 5.41) is 3.45. The number of rotatable bonds is 14. The minimum atomic E-state index is 0.440. The van der Waals surface area contributed by atoms with Gasteiger partial charge >= 0.3 is 0 Å². The molecule has 1 heterocycles. The zero-order chi connectivity index (χ0) is 17.7. The Morgan fingerprint density at radius 1 is 0.792 bits per heavy atom. The molecule has 0 bridgehead atoms. The van der Waals surface area contributed by atoms with E-state index < -0.39 is 0 Å². The molecule has 0 amide bonds. The third kappa shape index (κ3) is 8.31. The van der Waals surface area contributed by atoms with Crippen molar-refractivity contribution >= 4 is 0 Å². The topological polar surface area (TPSA) is 18.5 Å². The van der Waals surface area contributed by atoms with E-state index in [4.69, 9.17) is 0 Å². The Labute approximate surface area is 152 Å². The van der Waals surface area contributed by atoms with E-state index in [2.05, 4.69) is 42.8 Å². The number of hydrogen-bond acceptors (Lipinski definition) is 3. The van der Waals surface area contributed by atoms with Crippen LogP contribution in [0.25, 0.3) is 0 Å². The number of likely N-dealkylation sites (N-methyl/N-ethyl adjacent to an activating group) is 1. The van der Waals surface area contributed by atoms with Gasteiger partial charge in [0.15, 0.2) is 0 Å². The van der Waals surface area contributed by atoms with Crippen molar-refractivity contribution in [3.8, 4) is 0 Å². The normalized spacial score (nSPS) is 19.5. The first kappa shape index (κ1) is 21.9. The van der Waals surface area contributed by atoms with Crippen LogP contribution < -0.4 is 5.32 Å². The third-order valence-electron chi connectivity index (χ3n) is 5.88. The lowest BCUT2D eigenvalue weighted by Crippen LogP contribution is -2.56. The van der Waals surface area contributed by atoms with Crippen LogP contribution in [0.5, 0.6) is 0 Å². The summed E-state index contributed by atoms with van der Waals surface area (Å²) in [4.78, 5) is 5.47. The Balaban J connectivity index is 2.40. The standard InChI is InChI=1S/C21H45N3/c1-5-8-10-11-12-14-21(4,13-9-6-2)24-19-17-23(18-20-24)16-15-22-7-3/h22H,5-20H2,1-4H3. The van der Waals surface area contributed by atoms with Gasteiger partial charge in [-0.3, -0.25) is 9.80 Å². The minimum Gasteiger partial charge on any atom is -0.316 e. The summed E-state index contributed by atoms with van der Waals surface area (Å²) in [7, 11) is 0. The fraction of sp³-hybridized carbons (Fsp3) is 1.00. The van der Waals surface area contributed by atoms with Gasteiger partial charge in [0.1, 0.15) is 0 Å². The second kappa shape index (κ2) is 13.1. The molecule has 0 aromatic heterocycles. The number of nitrogens with one attached hydrogen (secondary N) is 1. The summed E-state index contributed by atoms with van der Waals surface area (Å²) in [5.74, 6) is 0. The van der Waals surface area contributed by atoms with Crippen LogP contribution in [0.1, 0.15) is 85.5 Å². The monoisotopic (exact) mass is 339 g/mol. The highest BCUT2D eigenvalue weighted by Gasteiger charge is 2.32. The van der Waals surface area contributed by atoms with Gasteiger partial charge in [-0.05, 0) is 26.3 Å². The molecule has 1 N–H and O–H groups in total. The van der Waals surface area contributed by atoms with Crippen molar-refractivity contribution in [2.24, 2.45) is 0 Å². The van der Waals surface area contributed by atoms with Crippen LogP contribution in [0.2, 0.25) is 0 Å². The largest absolute Gasteiger partial charge is 0.316 e. The summed E-state index contributed by atoms with van der Waals surface area (Å²) in [6.07, 6.45) is 12.5. The molecule has 3 heteroatoms. The predicted molar refractivity (Wildman–Crippen MR) is 108 cm³/mol. The summed E-state index contributed by atoms with van der Waals surface area (Å²) < 4.78 is 0. The first-order chi connectivity index (χ1) is 11.7. The van der Waals surface area contributed by atoms with Crippen LogP contribution in [0, 0.1) is 0 Å². The molecule has 0 aromatic rings. The van der Waals surface area contributed by atoms with Gasteiger partial charge in [0.25, 0.3) is 0 Å². The fourth-order valence-corrected chi connectivity index (χ4v) is 4.03. The Morgan fingerprint density at radius 2 is 1.42 bits per heavy atom. The van der Waals surface area contributed by atoms with Crippen LogP contribution in [0.4, 0.5) is 0 Å². The Bertz CT molecular complexity index is 287. The van der Waals surface area contributed by atoms with Crippen LogP contribution in [0.3, 0.4) is 0 Å². The second-order valence-electron chi connectivity index (χ2n) is 7.95. The van der Waals surface area contributed by atoms with Gasteiger partial charge in [0.2, 0.25) is 0 Å². The molecule has 1 aliphatic rings. The second-order valence-corrected chi connectivity index (χ2v) is 7.95. The van der Waals surface area contributed by atoms with E-state index in [9.17, 15) is 0 Å². The smallest absolute Gasteiger partial charge is 0.0182 e. The zero-order valence-corrected chi connectivity index (χ0v) is 17.2. The van der Waals surface area contributed by atoms with Crippen molar-refractivity contribution in [2.75, 3.05) is 45.8 Å².